The SMILES string of the molecule is CCNS(=O)(=O)c1ccc(CCNS(=O)(=O)c2c(C)noc2C)cc1. The molecule has 8 nitrogen and oxygen atoms in total. The van der Waals surface area contributed by atoms with E-state index in [1.165, 1.54) is 19.1 Å². The highest BCUT2D eigenvalue weighted by Crippen LogP contribution is 2.18. The van der Waals surface area contributed by atoms with Crippen LogP contribution >= 0.6 is 0 Å². The number of nitrogens with zero attached hydrogens (tertiary/aromatic N) is 1. The fourth-order valence-electron chi connectivity index (χ4n) is 2.37. The third-order valence-corrected chi connectivity index (χ3v) is 6.78. The molecule has 0 aliphatic carbocycles. The van der Waals surface area contributed by atoms with Crippen LogP contribution in [0.1, 0.15) is 23.9 Å². The predicted molar refractivity (Wildman–Crippen MR) is 92.2 cm³/mol. The Balaban J connectivity index is 2.01. The Morgan fingerprint density at radius 3 is 2.16 bits per heavy atom. The zero-order chi connectivity index (χ0) is 18.7. The maximum atomic E-state index is 12.3. The Kier molecular flexibility index (Phi) is 5.99. The molecular weight excluding hydrogens is 366 g/mol. The lowest BCUT2D eigenvalue weighted by Gasteiger charge is -2.08. The number of nitrogens with one attached hydrogen (secondary N) is 2. The van der Waals surface area contributed by atoms with Gasteiger partial charge in [0.15, 0.2) is 5.76 Å². The molecule has 1 aromatic carbocycles. The summed E-state index contributed by atoms with van der Waals surface area (Å²) in [6.07, 6.45) is 0.421. The monoisotopic (exact) mass is 387 g/mol. The summed E-state index contributed by atoms with van der Waals surface area (Å²) in [4.78, 5) is 0.231. The molecule has 1 aromatic heterocycles. The van der Waals surface area contributed by atoms with Crippen molar-refractivity contribution in [3.8, 4) is 0 Å². The lowest BCUT2D eigenvalue weighted by Crippen LogP contribution is -2.27. The van der Waals surface area contributed by atoms with Crippen molar-refractivity contribution in [2.24, 2.45) is 0 Å². The molecule has 0 fully saturated rings. The first kappa shape index (κ1) is 19.6. The number of hydrogen-bond donors (Lipinski definition) is 2. The normalized spacial score (nSPS) is 12.4. The molecule has 0 radical (unpaired) electrons. The van der Waals surface area contributed by atoms with Gasteiger partial charge in [0.05, 0.1) is 4.90 Å². The summed E-state index contributed by atoms with van der Waals surface area (Å²) < 4.78 is 58.1. The van der Waals surface area contributed by atoms with Crippen molar-refractivity contribution >= 4 is 20.0 Å². The Morgan fingerprint density at radius 2 is 1.64 bits per heavy atom. The third-order valence-electron chi connectivity index (χ3n) is 3.51. The van der Waals surface area contributed by atoms with Crippen LogP contribution in [0.15, 0.2) is 38.6 Å². The van der Waals surface area contributed by atoms with Gasteiger partial charge in [0, 0.05) is 13.1 Å². The Bertz CT molecular complexity index is 913. The van der Waals surface area contributed by atoms with Crippen molar-refractivity contribution in [3.05, 3.63) is 41.3 Å². The van der Waals surface area contributed by atoms with E-state index in [2.05, 4.69) is 14.6 Å². The number of aromatic nitrogens is 1. The van der Waals surface area contributed by atoms with Crippen molar-refractivity contribution in [2.45, 2.75) is 37.0 Å². The first-order valence-electron chi connectivity index (χ1n) is 7.68. The Morgan fingerprint density at radius 1 is 1.00 bits per heavy atom. The first-order valence-corrected chi connectivity index (χ1v) is 10.6. The molecule has 0 atom stereocenters. The summed E-state index contributed by atoms with van der Waals surface area (Å²) in [5.41, 5.74) is 1.12. The van der Waals surface area contributed by atoms with E-state index in [-0.39, 0.29) is 22.1 Å². The molecule has 138 valence electrons. The van der Waals surface area contributed by atoms with Crippen LogP contribution in [0.25, 0.3) is 0 Å². The van der Waals surface area contributed by atoms with Gasteiger partial charge in [-0.25, -0.2) is 26.3 Å². The molecular formula is C15H21N3O5S2. The summed E-state index contributed by atoms with van der Waals surface area (Å²) in [6.45, 7) is 5.29. The summed E-state index contributed by atoms with van der Waals surface area (Å²) in [7, 11) is -7.19. The zero-order valence-electron chi connectivity index (χ0n) is 14.2. The fraction of sp³-hybridized carbons (Fsp3) is 0.400. The highest BCUT2D eigenvalue weighted by molar-refractivity contribution is 7.89. The molecule has 0 aliphatic rings. The molecule has 10 heteroatoms. The molecule has 1 heterocycles. The van der Waals surface area contributed by atoms with Crippen LogP contribution in [-0.2, 0) is 26.5 Å². The van der Waals surface area contributed by atoms with Gasteiger partial charge >= 0.3 is 0 Å². The second-order valence-electron chi connectivity index (χ2n) is 5.45. The van der Waals surface area contributed by atoms with E-state index in [4.69, 9.17) is 4.52 Å². The average molecular weight is 387 g/mol. The second kappa shape index (κ2) is 7.65. The fourth-order valence-corrected chi connectivity index (χ4v) is 4.77. The smallest absolute Gasteiger partial charge is 0.245 e. The average Bonchev–Trinajstić information content (AvgIpc) is 2.87. The van der Waals surface area contributed by atoms with Gasteiger partial charge in [0.2, 0.25) is 20.0 Å². The highest BCUT2D eigenvalue weighted by atomic mass is 32.2. The third kappa shape index (κ3) is 4.66. The van der Waals surface area contributed by atoms with Gasteiger partial charge in [-0.1, -0.05) is 24.2 Å². The van der Waals surface area contributed by atoms with Gasteiger partial charge in [-0.05, 0) is 38.0 Å². The number of aryl methyl sites for hydroxylation is 2. The lowest BCUT2D eigenvalue weighted by molar-refractivity contribution is 0.390. The summed E-state index contributed by atoms with van der Waals surface area (Å²) in [5.74, 6) is 0.239. The quantitative estimate of drug-likeness (QED) is 0.700. The topological polar surface area (TPSA) is 118 Å². The Hall–Kier alpha value is -1.75. The molecule has 2 N–H and O–H groups in total. The van der Waals surface area contributed by atoms with E-state index in [9.17, 15) is 16.8 Å². The lowest BCUT2D eigenvalue weighted by atomic mass is 10.2. The molecule has 25 heavy (non-hydrogen) atoms. The van der Waals surface area contributed by atoms with Crippen molar-refractivity contribution in [2.75, 3.05) is 13.1 Å². The van der Waals surface area contributed by atoms with Crippen LogP contribution in [0.4, 0.5) is 0 Å². The summed E-state index contributed by atoms with van der Waals surface area (Å²) >= 11 is 0. The van der Waals surface area contributed by atoms with Crippen LogP contribution in [0.3, 0.4) is 0 Å². The minimum atomic E-state index is -3.70. The standard InChI is InChI=1S/C15H21N3O5S2/c1-4-16-24(19,20)14-7-5-13(6-8-14)9-10-17-25(21,22)15-11(2)18-23-12(15)3/h5-8,16-17H,4,9-10H2,1-3H3. The predicted octanol–water partition coefficient (Wildman–Crippen LogP) is 1.11. The van der Waals surface area contributed by atoms with Gasteiger partial charge in [-0.3, -0.25) is 0 Å². The number of hydrogen-bond acceptors (Lipinski definition) is 6. The van der Waals surface area contributed by atoms with Crippen LogP contribution in [0, 0.1) is 13.8 Å². The van der Waals surface area contributed by atoms with E-state index in [1.54, 1.807) is 26.0 Å². The maximum Gasteiger partial charge on any atom is 0.245 e. The van der Waals surface area contributed by atoms with Crippen LogP contribution in [0.5, 0.6) is 0 Å². The molecule has 0 unspecified atom stereocenters. The first-order chi connectivity index (χ1) is 11.7. The number of benzene rings is 1. The van der Waals surface area contributed by atoms with E-state index in [0.717, 1.165) is 5.56 Å². The Labute approximate surface area is 147 Å². The second-order valence-corrected chi connectivity index (χ2v) is 8.92. The highest BCUT2D eigenvalue weighted by Gasteiger charge is 2.23. The minimum absolute atomic E-state index is 0.0552. The molecule has 0 aliphatic heterocycles. The number of rotatable bonds is 8. The zero-order valence-corrected chi connectivity index (χ0v) is 15.9. The molecule has 2 rings (SSSR count). The van der Waals surface area contributed by atoms with Gasteiger partial charge in [-0.2, -0.15) is 0 Å². The molecule has 0 bridgehead atoms. The van der Waals surface area contributed by atoms with Crippen LogP contribution in [0.2, 0.25) is 0 Å². The van der Waals surface area contributed by atoms with Crippen molar-refractivity contribution in [1.82, 2.24) is 14.6 Å². The molecule has 0 saturated carbocycles. The van der Waals surface area contributed by atoms with Crippen LogP contribution in [-0.4, -0.2) is 35.1 Å². The summed E-state index contributed by atoms with van der Waals surface area (Å²) in [6, 6.07) is 6.31. The van der Waals surface area contributed by atoms with Crippen molar-refractivity contribution < 1.29 is 21.4 Å². The largest absolute Gasteiger partial charge is 0.360 e. The van der Waals surface area contributed by atoms with Crippen molar-refractivity contribution in [1.29, 1.82) is 0 Å². The molecule has 0 amide bonds. The van der Waals surface area contributed by atoms with E-state index in [1.807, 2.05) is 0 Å². The van der Waals surface area contributed by atoms with Gasteiger partial charge < -0.3 is 4.52 Å². The van der Waals surface area contributed by atoms with Gasteiger partial charge in [-0.15, -0.1) is 0 Å². The maximum absolute atomic E-state index is 12.3. The molecule has 2 aromatic rings. The van der Waals surface area contributed by atoms with E-state index >= 15 is 0 Å². The summed E-state index contributed by atoms with van der Waals surface area (Å²) in [5, 5.41) is 3.64. The van der Waals surface area contributed by atoms with Gasteiger partial charge in [0.25, 0.3) is 0 Å². The number of sulfonamides is 2. The van der Waals surface area contributed by atoms with E-state index < -0.39 is 20.0 Å². The van der Waals surface area contributed by atoms with Crippen molar-refractivity contribution in [3.63, 3.8) is 0 Å². The molecule has 0 spiro atoms. The van der Waals surface area contributed by atoms with E-state index in [0.29, 0.717) is 18.7 Å². The van der Waals surface area contributed by atoms with Gasteiger partial charge in [0.1, 0.15) is 10.6 Å². The molecule has 0 saturated heterocycles. The minimum Gasteiger partial charge on any atom is -0.360 e. The van der Waals surface area contributed by atoms with Crippen LogP contribution < -0.4 is 9.44 Å².